The number of H-pyrrole nitrogens is 1. The Hall–Kier alpha value is -4.26. The van der Waals surface area contributed by atoms with Crippen LogP contribution in [0.25, 0.3) is 11.3 Å². The Labute approximate surface area is 173 Å². The molecule has 4 rings (SSSR count). The summed E-state index contributed by atoms with van der Waals surface area (Å²) in [6.45, 7) is 0.480. The van der Waals surface area contributed by atoms with Gasteiger partial charge in [0.15, 0.2) is 0 Å². The highest BCUT2D eigenvalue weighted by Gasteiger charge is 2.11. The van der Waals surface area contributed by atoms with E-state index in [9.17, 15) is 4.79 Å². The van der Waals surface area contributed by atoms with Gasteiger partial charge in [-0.05, 0) is 41.5 Å². The molecule has 0 bridgehead atoms. The summed E-state index contributed by atoms with van der Waals surface area (Å²) in [4.78, 5) is 16.2. The smallest absolute Gasteiger partial charge is 0.289 e. The molecule has 0 fully saturated rings. The van der Waals surface area contributed by atoms with Crippen molar-refractivity contribution in [3.05, 3.63) is 102 Å². The van der Waals surface area contributed by atoms with Gasteiger partial charge in [-0.15, -0.1) is 0 Å². The number of rotatable bonds is 7. The number of pyridine rings is 1. The standard InChI is InChI=1S/C23H19N5O2/c29-23(28-25-15-17-9-11-24-12-10-17)22-14-21(26-27-22)19-7-4-8-20(13-19)30-16-18-5-2-1-3-6-18/h1-15H,16H2,(H,26,27)(H,28,29)/b25-15-. The number of ether oxygens (including phenoxy) is 1. The SMILES string of the molecule is O=C(N/N=C\c1ccncc1)c1cc(-c2cccc(OCc3ccccc3)c2)n[nH]1. The molecule has 0 spiro atoms. The van der Waals surface area contributed by atoms with Crippen molar-refractivity contribution in [1.29, 1.82) is 0 Å². The number of nitrogens with one attached hydrogen (secondary N) is 2. The molecule has 30 heavy (non-hydrogen) atoms. The van der Waals surface area contributed by atoms with Crippen molar-refractivity contribution in [2.24, 2.45) is 5.10 Å². The molecule has 2 aromatic heterocycles. The molecule has 2 aromatic carbocycles. The number of hydrogen-bond donors (Lipinski definition) is 2. The van der Waals surface area contributed by atoms with Crippen LogP contribution in [0.3, 0.4) is 0 Å². The summed E-state index contributed by atoms with van der Waals surface area (Å²) < 4.78 is 5.86. The van der Waals surface area contributed by atoms with Gasteiger partial charge in [0.05, 0.1) is 11.9 Å². The van der Waals surface area contributed by atoms with Crippen LogP contribution in [0.15, 0.2) is 90.3 Å². The van der Waals surface area contributed by atoms with Crippen LogP contribution in [0.2, 0.25) is 0 Å². The maximum atomic E-state index is 12.3. The van der Waals surface area contributed by atoms with Gasteiger partial charge in [-0.1, -0.05) is 42.5 Å². The topological polar surface area (TPSA) is 92.3 Å². The number of carbonyl (C=O) groups is 1. The van der Waals surface area contributed by atoms with E-state index >= 15 is 0 Å². The Morgan fingerprint density at radius 1 is 1.03 bits per heavy atom. The van der Waals surface area contributed by atoms with Crippen molar-refractivity contribution < 1.29 is 9.53 Å². The Morgan fingerprint density at radius 3 is 2.70 bits per heavy atom. The van der Waals surface area contributed by atoms with Crippen LogP contribution in [0, 0.1) is 0 Å². The summed E-state index contributed by atoms with van der Waals surface area (Å²) >= 11 is 0. The monoisotopic (exact) mass is 397 g/mol. The van der Waals surface area contributed by atoms with E-state index in [0.717, 1.165) is 22.4 Å². The number of hydrazone groups is 1. The van der Waals surface area contributed by atoms with Crippen molar-refractivity contribution in [1.82, 2.24) is 20.6 Å². The molecule has 1 amide bonds. The van der Waals surface area contributed by atoms with Gasteiger partial charge in [0.2, 0.25) is 0 Å². The summed E-state index contributed by atoms with van der Waals surface area (Å²) in [6, 6.07) is 22.8. The molecule has 0 radical (unpaired) electrons. The number of aromatic amines is 1. The van der Waals surface area contributed by atoms with Gasteiger partial charge in [0, 0.05) is 18.0 Å². The van der Waals surface area contributed by atoms with Crippen LogP contribution in [0.5, 0.6) is 5.75 Å². The molecule has 0 unspecified atom stereocenters. The first-order valence-electron chi connectivity index (χ1n) is 9.34. The average Bonchev–Trinajstić information content (AvgIpc) is 3.30. The van der Waals surface area contributed by atoms with Gasteiger partial charge in [-0.3, -0.25) is 14.9 Å². The third-order valence-corrected chi connectivity index (χ3v) is 4.29. The Morgan fingerprint density at radius 2 is 1.87 bits per heavy atom. The molecule has 2 heterocycles. The van der Waals surface area contributed by atoms with Gasteiger partial charge >= 0.3 is 0 Å². The van der Waals surface area contributed by atoms with Crippen LogP contribution >= 0.6 is 0 Å². The van der Waals surface area contributed by atoms with Gasteiger partial charge < -0.3 is 4.74 Å². The van der Waals surface area contributed by atoms with Crippen LogP contribution in [-0.4, -0.2) is 27.3 Å². The fourth-order valence-electron chi connectivity index (χ4n) is 2.75. The number of carbonyl (C=O) groups excluding carboxylic acids is 1. The van der Waals surface area contributed by atoms with Gasteiger partial charge in [-0.25, -0.2) is 5.43 Å². The molecule has 0 atom stereocenters. The molecule has 0 aliphatic carbocycles. The molecule has 7 nitrogen and oxygen atoms in total. The first-order valence-corrected chi connectivity index (χ1v) is 9.34. The molecule has 0 saturated heterocycles. The number of nitrogens with zero attached hydrogens (tertiary/aromatic N) is 3. The highest BCUT2D eigenvalue weighted by Crippen LogP contribution is 2.23. The van der Waals surface area contributed by atoms with Gasteiger partial charge in [0.1, 0.15) is 18.1 Å². The Bertz CT molecular complexity index is 1140. The fourth-order valence-corrected chi connectivity index (χ4v) is 2.75. The van der Waals surface area contributed by atoms with E-state index in [0.29, 0.717) is 18.0 Å². The van der Waals surface area contributed by atoms with E-state index in [1.165, 1.54) is 0 Å². The highest BCUT2D eigenvalue weighted by atomic mass is 16.5. The number of benzene rings is 2. The largest absolute Gasteiger partial charge is 0.489 e. The summed E-state index contributed by atoms with van der Waals surface area (Å²) in [5.41, 5.74) is 6.20. The second-order valence-corrected chi connectivity index (χ2v) is 6.45. The van der Waals surface area contributed by atoms with Crippen molar-refractivity contribution in [2.45, 2.75) is 6.61 Å². The lowest BCUT2D eigenvalue weighted by Crippen LogP contribution is -2.17. The summed E-state index contributed by atoms with van der Waals surface area (Å²) in [6.07, 6.45) is 4.86. The Kier molecular flexibility index (Phi) is 5.91. The molecule has 0 aliphatic heterocycles. The minimum atomic E-state index is -0.379. The van der Waals surface area contributed by atoms with Crippen molar-refractivity contribution >= 4 is 12.1 Å². The normalized spacial score (nSPS) is 10.8. The third-order valence-electron chi connectivity index (χ3n) is 4.29. The average molecular weight is 397 g/mol. The predicted molar refractivity (Wildman–Crippen MR) is 114 cm³/mol. The van der Waals surface area contributed by atoms with Crippen LogP contribution in [0.1, 0.15) is 21.6 Å². The molecule has 0 saturated carbocycles. The van der Waals surface area contributed by atoms with Gasteiger partial charge in [-0.2, -0.15) is 10.2 Å². The highest BCUT2D eigenvalue weighted by molar-refractivity contribution is 5.94. The van der Waals surface area contributed by atoms with E-state index in [2.05, 4.69) is 25.7 Å². The summed E-state index contributed by atoms with van der Waals surface area (Å²) in [5.74, 6) is 0.350. The third kappa shape index (κ3) is 4.96. The van der Waals surface area contributed by atoms with Crippen LogP contribution in [-0.2, 0) is 6.61 Å². The molecule has 148 valence electrons. The van der Waals surface area contributed by atoms with E-state index in [1.807, 2.05) is 54.6 Å². The fraction of sp³-hybridized carbons (Fsp3) is 0.0435. The zero-order chi connectivity index (χ0) is 20.6. The zero-order valence-electron chi connectivity index (χ0n) is 16.0. The number of aromatic nitrogens is 3. The van der Waals surface area contributed by atoms with Crippen molar-refractivity contribution in [3.8, 4) is 17.0 Å². The lowest BCUT2D eigenvalue weighted by molar-refractivity contribution is 0.0950. The quantitative estimate of drug-likeness (QED) is 0.366. The minimum absolute atomic E-state index is 0.312. The molecule has 2 N–H and O–H groups in total. The first kappa shape index (κ1) is 19.1. The maximum Gasteiger partial charge on any atom is 0.289 e. The van der Waals surface area contributed by atoms with E-state index in [-0.39, 0.29) is 5.91 Å². The second-order valence-electron chi connectivity index (χ2n) is 6.45. The molecular formula is C23H19N5O2. The predicted octanol–water partition coefficient (Wildman–Crippen LogP) is 3.81. The summed E-state index contributed by atoms with van der Waals surface area (Å²) in [5, 5.41) is 10.9. The van der Waals surface area contributed by atoms with E-state index in [4.69, 9.17) is 4.74 Å². The van der Waals surface area contributed by atoms with Crippen molar-refractivity contribution in [3.63, 3.8) is 0 Å². The maximum absolute atomic E-state index is 12.3. The molecular weight excluding hydrogens is 378 g/mol. The van der Waals surface area contributed by atoms with Crippen LogP contribution < -0.4 is 10.2 Å². The van der Waals surface area contributed by atoms with Gasteiger partial charge in [0.25, 0.3) is 5.91 Å². The number of hydrogen-bond acceptors (Lipinski definition) is 5. The Balaban J connectivity index is 1.39. The number of amides is 1. The van der Waals surface area contributed by atoms with Crippen LogP contribution in [0.4, 0.5) is 0 Å². The minimum Gasteiger partial charge on any atom is -0.489 e. The van der Waals surface area contributed by atoms with E-state index < -0.39 is 0 Å². The zero-order valence-corrected chi connectivity index (χ0v) is 16.0. The second kappa shape index (κ2) is 9.29. The lowest BCUT2D eigenvalue weighted by atomic mass is 10.1. The molecule has 4 aromatic rings. The summed E-state index contributed by atoms with van der Waals surface area (Å²) in [7, 11) is 0. The molecule has 7 heteroatoms. The van der Waals surface area contributed by atoms with Crippen molar-refractivity contribution in [2.75, 3.05) is 0 Å². The molecule has 0 aliphatic rings. The first-order chi connectivity index (χ1) is 14.8. The van der Waals surface area contributed by atoms with E-state index in [1.54, 1.807) is 36.8 Å². The lowest BCUT2D eigenvalue weighted by Gasteiger charge is -2.07.